The molecular formula is C14H17N5O3. The number of carbonyl (C=O) groups is 1. The number of hydrogen-bond donors (Lipinski definition) is 2. The number of carbonyl (C=O) groups excluding carboxylic acids is 1. The van der Waals surface area contributed by atoms with Crippen molar-refractivity contribution < 1.29 is 14.4 Å². The van der Waals surface area contributed by atoms with Gasteiger partial charge in [-0.2, -0.15) is 0 Å². The molecule has 1 amide bonds. The summed E-state index contributed by atoms with van der Waals surface area (Å²) in [6.45, 7) is 2.92. The Morgan fingerprint density at radius 2 is 2.41 bits per heavy atom. The van der Waals surface area contributed by atoms with Gasteiger partial charge in [-0.15, -0.1) is 0 Å². The number of rotatable bonds is 4. The number of aryl methyl sites for hydroxylation is 1. The molecule has 3 rings (SSSR count). The molecule has 1 aliphatic rings. The van der Waals surface area contributed by atoms with Gasteiger partial charge in [-0.05, 0) is 13.3 Å². The zero-order valence-electron chi connectivity index (χ0n) is 12.2. The minimum atomic E-state index is -0.994. The molecule has 0 aromatic carbocycles. The van der Waals surface area contributed by atoms with Crippen LogP contribution in [0.25, 0.3) is 0 Å². The highest BCUT2D eigenvalue weighted by Crippen LogP contribution is 2.24. The van der Waals surface area contributed by atoms with Crippen molar-refractivity contribution in [2.45, 2.75) is 18.9 Å². The fourth-order valence-electron chi connectivity index (χ4n) is 2.46. The molecule has 0 aliphatic carbocycles. The Hall–Kier alpha value is -2.48. The maximum atomic E-state index is 11.9. The molecule has 0 spiro atoms. The normalized spacial score (nSPS) is 21.1. The molecule has 2 aromatic rings. The Morgan fingerprint density at radius 1 is 1.55 bits per heavy atom. The molecule has 1 saturated heterocycles. The van der Waals surface area contributed by atoms with E-state index in [1.54, 1.807) is 31.6 Å². The van der Waals surface area contributed by atoms with Crippen molar-refractivity contribution in [1.29, 1.82) is 0 Å². The van der Waals surface area contributed by atoms with Crippen LogP contribution < -0.4 is 10.2 Å². The van der Waals surface area contributed by atoms with E-state index in [2.05, 4.69) is 20.4 Å². The van der Waals surface area contributed by atoms with E-state index in [0.717, 1.165) is 5.82 Å². The number of aromatic nitrogens is 3. The monoisotopic (exact) mass is 303 g/mol. The lowest BCUT2D eigenvalue weighted by atomic mass is 10.0. The average molecular weight is 303 g/mol. The smallest absolute Gasteiger partial charge is 0.273 e. The number of amides is 1. The highest BCUT2D eigenvalue weighted by Gasteiger charge is 2.37. The molecule has 116 valence electrons. The molecule has 2 N–H and O–H groups in total. The van der Waals surface area contributed by atoms with Crippen LogP contribution in [0.5, 0.6) is 0 Å². The molecular weight excluding hydrogens is 286 g/mol. The molecule has 22 heavy (non-hydrogen) atoms. The molecule has 0 bridgehead atoms. The zero-order valence-corrected chi connectivity index (χ0v) is 12.2. The summed E-state index contributed by atoms with van der Waals surface area (Å²) in [6.07, 6.45) is 5.41. The molecule has 3 heterocycles. The predicted octanol–water partition coefficient (Wildman–Crippen LogP) is 0.144. The highest BCUT2D eigenvalue weighted by atomic mass is 16.5. The van der Waals surface area contributed by atoms with Gasteiger partial charge in [0.1, 0.15) is 17.2 Å². The standard InChI is InChI=1S/C14H17N5O3/c1-10-6-11(18-22-10)13(20)17-8-14(21)2-5-19(9-14)12-7-15-3-4-16-12/h3-4,6-7,21H,2,5,8-9H2,1H3,(H,17,20). The fourth-order valence-corrected chi connectivity index (χ4v) is 2.46. The third-order valence-corrected chi connectivity index (χ3v) is 3.64. The second-order valence-corrected chi connectivity index (χ2v) is 5.46. The molecule has 0 radical (unpaired) electrons. The van der Waals surface area contributed by atoms with Crippen LogP contribution in [0.2, 0.25) is 0 Å². The van der Waals surface area contributed by atoms with Crippen molar-refractivity contribution in [2.24, 2.45) is 0 Å². The van der Waals surface area contributed by atoms with E-state index in [1.807, 2.05) is 4.90 Å². The lowest BCUT2D eigenvalue weighted by Crippen LogP contribution is -2.45. The number of β-amino-alcohol motifs (C(OH)–C–C–N with tert-alkyl or cyclic N) is 1. The summed E-state index contributed by atoms with van der Waals surface area (Å²) in [6, 6.07) is 1.56. The summed E-state index contributed by atoms with van der Waals surface area (Å²) in [7, 11) is 0. The summed E-state index contributed by atoms with van der Waals surface area (Å²) in [5.41, 5.74) is -0.781. The first-order valence-corrected chi connectivity index (χ1v) is 7.01. The van der Waals surface area contributed by atoms with E-state index in [1.165, 1.54) is 0 Å². The molecule has 1 atom stereocenters. The third-order valence-electron chi connectivity index (χ3n) is 3.64. The maximum absolute atomic E-state index is 11.9. The van der Waals surface area contributed by atoms with Crippen LogP contribution in [-0.4, -0.2) is 51.4 Å². The first-order chi connectivity index (χ1) is 10.6. The third kappa shape index (κ3) is 3.06. The van der Waals surface area contributed by atoms with Gasteiger partial charge in [-0.25, -0.2) is 4.98 Å². The van der Waals surface area contributed by atoms with Gasteiger partial charge in [0.15, 0.2) is 5.69 Å². The Bertz CT molecular complexity index is 660. The van der Waals surface area contributed by atoms with Crippen LogP contribution in [0.1, 0.15) is 22.7 Å². The van der Waals surface area contributed by atoms with Crippen LogP contribution >= 0.6 is 0 Å². The van der Waals surface area contributed by atoms with Crippen LogP contribution in [0.3, 0.4) is 0 Å². The summed E-state index contributed by atoms with van der Waals surface area (Å²) < 4.78 is 4.86. The highest BCUT2D eigenvalue weighted by molar-refractivity contribution is 5.92. The Morgan fingerprint density at radius 3 is 3.09 bits per heavy atom. The molecule has 8 heteroatoms. The molecule has 0 saturated carbocycles. The minimum Gasteiger partial charge on any atom is -0.386 e. The first kappa shape index (κ1) is 14.5. The van der Waals surface area contributed by atoms with Crippen LogP contribution in [0, 0.1) is 6.92 Å². The number of anilines is 1. The summed E-state index contributed by atoms with van der Waals surface area (Å²) in [4.78, 5) is 22.1. The molecule has 8 nitrogen and oxygen atoms in total. The van der Waals surface area contributed by atoms with E-state index in [-0.39, 0.29) is 18.1 Å². The van der Waals surface area contributed by atoms with Gasteiger partial charge in [0.25, 0.3) is 5.91 Å². The van der Waals surface area contributed by atoms with Gasteiger partial charge in [0, 0.05) is 38.1 Å². The van der Waals surface area contributed by atoms with E-state index in [9.17, 15) is 9.90 Å². The van der Waals surface area contributed by atoms with E-state index in [4.69, 9.17) is 4.52 Å². The Kier molecular flexibility index (Phi) is 3.76. The second-order valence-electron chi connectivity index (χ2n) is 5.46. The number of hydrogen-bond acceptors (Lipinski definition) is 7. The summed E-state index contributed by atoms with van der Waals surface area (Å²) in [5, 5.41) is 16.9. The van der Waals surface area contributed by atoms with E-state index < -0.39 is 5.60 Å². The second kappa shape index (κ2) is 5.72. The van der Waals surface area contributed by atoms with Crippen LogP contribution in [0.4, 0.5) is 5.82 Å². The van der Waals surface area contributed by atoms with Gasteiger partial charge >= 0.3 is 0 Å². The predicted molar refractivity (Wildman–Crippen MR) is 77.4 cm³/mol. The first-order valence-electron chi connectivity index (χ1n) is 7.01. The van der Waals surface area contributed by atoms with Crippen molar-refractivity contribution in [1.82, 2.24) is 20.4 Å². The lowest BCUT2D eigenvalue weighted by molar-refractivity contribution is 0.0572. The largest absolute Gasteiger partial charge is 0.386 e. The molecule has 1 fully saturated rings. The van der Waals surface area contributed by atoms with Gasteiger partial charge in [-0.1, -0.05) is 5.16 Å². The SMILES string of the molecule is Cc1cc(C(=O)NCC2(O)CCN(c3cnccn3)C2)no1. The van der Waals surface area contributed by atoms with Crippen LogP contribution in [0.15, 0.2) is 29.2 Å². The summed E-state index contributed by atoms with van der Waals surface area (Å²) in [5.74, 6) is 0.929. The Balaban J connectivity index is 1.58. The van der Waals surface area contributed by atoms with Crippen molar-refractivity contribution in [3.05, 3.63) is 36.1 Å². The molecule has 2 aromatic heterocycles. The molecule has 1 unspecified atom stereocenters. The van der Waals surface area contributed by atoms with Crippen molar-refractivity contribution in [3.63, 3.8) is 0 Å². The topological polar surface area (TPSA) is 104 Å². The fraction of sp³-hybridized carbons (Fsp3) is 0.429. The lowest BCUT2D eigenvalue weighted by Gasteiger charge is -2.23. The summed E-state index contributed by atoms with van der Waals surface area (Å²) >= 11 is 0. The minimum absolute atomic E-state index is 0.147. The van der Waals surface area contributed by atoms with E-state index >= 15 is 0 Å². The number of nitrogens with one attached hydrogen (secondary N) is 1. The van der Waals surface area contributed by atoms with Crippen LogP contribution in [-0.2, 0) is 0 Å². The van der Waals surface area contributed by atoms with E-state index in [0.29, 0.717) is 25.3 Å². The maximum Gasteiger partial charge on any atom is 0.273 e. The number of aliphatic hydroxyl groups is 1. The molecule has 1 aliphatic heterocycles. The van der Waals surface area contributed by atoms with Gasteiger partial charge in [-0.3, -0.25) is 9.78 Å². The van der Waals surface area contributed by atoms with Crippen molar-refractivity contribution in [2.75, 3.05) is 24.5 Å². The zero-order chi connectivity index (χ0) is 15.6. The van der Waals surface area contributed by atoms with Crippen molar-refractivity contribution >= 4 is 11.7 Å². The van der Waals surface area contributed by atoms with Gasteiger partial charge in [0.05, 0.1) is 6.20 Å². The average Bonchev–Trinajstić information content (AvgIpc) is 3.13. The van der Waals surface area contributed by atoms with Crippen molar-refractivity contribution in [3.8, 4) is 0 Å². The van der Waals surface area contributed by atoms with Gasteiger partial charge in [0.2, 0.25) is 0 Å². The Labute approximate surface area is 127 Å². The van der Waals surface area contributed by atoms with Gasteiger partial charge < -0.3 is 19.8 Å². The number of nitrogens with zero attached hydrogens (tertiary/aromatic N) is 4. The quantitative estimate of drug-likeness (QED) is 0.828.